The molecule has 1 aromatic rings. The van der Waals surface area contributed by atoms with Gasteiger partial charge in [-0.2, -0.15) is 5.10 Å². The SMILES string of the molecule is CC[C@](C)(NC(=O)CCn1nc(C)c([N+](=O)[O-])c1C)C(=O)O. The van der Waals surface area contributed by atoms with E-state index in [2.05, 4.69) is 10.4 Å². The summed E-state index contributed by atoms with van der Waals surface area (Å²) >= 11 is 0. The van der Waals surface area contributed by atoms with Crippen molar-refractivity contribution in [3.05, 3.63) is 21.5 Å². The van der Waals surface area contributed by atoms with Crippen molar-refractivity contribution in [1.82, 2.24) is 15.1 Å². The summed E-state index contributed by atoms with van der Waals surface area (Å²) in [5.74, 6) is -1.55. The molecule has 1 atom stereocenters. The molecule has 0 aromatic carbocycles. The number of rotatable bonds is 7. The maximum absolute atomic E-state index is 11.9. The number of nitrogens with one attached hydrogen (secondary N) is 1. The van der Waals surface area contributed by atoms with Gasteiger partial charge >= 0.3 is 11.7 Å². The summed E-state index contributed by atoms with van der Waals surface area (Å²) in [5.41, 5.74) is -0.735. The largest absolute Gasteiger partial charge is 0.480 e. The zero-order valence-corrected chi connectivity index (χ0v) is 13.0. The van der Waals surface area contributed by atoms with Gasteiger partial charge in [0.15, 0.2) is 0 Å². The lowest BCUT2D eigenvalue weighted by Gasteiger charge is -2.24. The van der Waals surface area contributed by atoms with Crippen molar-refractivity contribution in [2.24, 2.45) is 0 Å². The molecule has 0 aliphatic heterocycles. The zero-order valence-electron chi connectivity index (χ0n) is 13.0. The highest BCUT2D eigenvalue weighted by Crippen LogP contribution is 2.21. The smallest absolute Gasteiger partial charge is 0.329 e. The highest BCUT2D eigenvalue weighted by molar-refractivity contribution is 5.86. The standard InChI is InChI=1S/C13H20N4O5/c1-5-13(4,12(19)20)14-10(18)6-7-16-9(3)11(17(21)22)8(2)15-16/h5-7H2,1-4H3,(H,14,18)(H,19,20)/t13-/m0/s1. The average Bonchev–Trinajstić information content (AvgIpc) is 2.70. The van der Waals surface area contributed by atoms with Crippen LogP contribution in [0.4, 0.5) is 5.69 Å². The third-order valence-corrected chi connectivity index (χ3v) is 3.67. The first-order valence-corrected chi connectivity index (χ1v) is 6.85. The van der Waals surface area contributed by atoms with Crippen molar-refractivity contribution in [2.45, 2.75) is 52.6 Å². The summed E-state index contributed by atoms with van der Waals surface area (Å²) in [6.07, 6.45) is 0.238. The van der Waals surface area contributed by atoms with E-state index in [1.807, 2.05) is 0 Å². The molecule has 1 aromatic heterocycles. The maximum atomic E-state index is 11.9. The fourth-order valence-electron chi connectivity index (χ4n) is 2.04. The number of carbonyl (C=O) groups excluding carboxylic acids is 1. The van der Waals surface area contributed by atoms with Crippen molar-refractivity contribution in [2.75, 3.05) is 0 Å². The van der Waals surface area contributed by atoms with Gasteiger partial charge in [0.05, 0.1) is 11.5 Å². The van der Waals surface area contributed by atoms with Crippen LogP contribution in [0.15, 0.2) is 0 Å². The Bertz CT molecular complexity index is 610. The molecule has 0 radical (unpaired) electrons. The van der Waals surface area contributed by atoms with Gasteiger partial charge in [-0.05, 0) is 27.2 Å². The maximum Gasteiger partial charge on any atom is 0.329 e. The second kappa shape index (κ2) is 6.54. The molecule has 0 saturated heterocycles. The van der Waals surface area contributed by atoms with Gasteiger partial charge in [0.2, 0.25) is 5.91 Å². The van der Waals surface area contributed by atoms with Gasteiger partial charge in [0, 0.05) is 6.42 Å². The van der Waals surface area contributed by atoms with Gasteiger partial charge in [-0.15, -0.1) is 0 Å². The number of hydrogen-bond acceptors (Lipinski definition) is 5. The Kier molecular flexibility index (Phi) is 5.23. The summed E-state index contributed by atoms with van der Waals surface area (Å²) in [7, 11) is 0. The van der Waals surface area contributed by atoms with Crippen molar-refractivity contribution in [3.8, 4) is 0 Å². The first-order chi connectivity index (χ1) is 10.1. The van der Waals surface area contributed by atoms with E-state index in [-0.39, 0.29) is 30.8 Å². The van der Waals surface area contributed by atoms with E-state index < -0.39 is 22.3 Å². The minimum absolute atomic E-state index is 0.0119. The molecule has 9 nitrogen and oxygen atoms in total. The van der Waals surface area contributed by atoms with Crippen LogP contribution in [0.1, 0.15) is 38.1 Å². The van der Waals surface area contributed by atoms with Crippen LogP contribution in [-0.2, 0) is 16.1 Å². The van der Waals surface area contributed by atoms with Crippen molar-refractivity contribution < 1.29 is 19.6 Å². The van der Waals surface area contributed by atoms with Crippen molar-refractivity contribution in [1.29, 1.82) is 0 Å². The van der Waals surface area contributed by atoms with E-state index in [4.69, 9.17) is 5.11 Å². The molecular formula is C13H20N4O5. The van der Waals surface area contributed by atoms with Crippen LogP contribution in [0, 0.1) is 24.0 Å². The fraction of sp³-hybridized carbons (Fsp3) is 0.615. The molecule has 0 spiro atoms. The van der Waals surface area contributed by atoms with Gasteiger partial charge in [-0.3, -0.25) is 19.6 Å². The molecule has 2 N–H and O–H groups in total. The van der Waals surface area contributed by atoms with Crippen LogP contribution in [0.25, 0.3) is 0 Å². The molecule has 0 unspecified atom stereocenters. The fourth-order valence-corrected chi connectivity index (χ4v) is 2.04. The number of nitrogens with zero attached hydrogens (tertiary/aromatic N) is 3. The second-order valence-electron chi connectivity index (χ2n) is 5.29. The highest BCUT2D eigenvalue weighted by atomic mass is 16.6. The predicted octanol–water partition coefficient (Wildman–Crippen LogP) is 1.17. The normalized spacial score (nSPS) is 13.5. The third-order valence-electron chi connectivity index (χ3n) is 3.67. The molecule has 22 heavy (non-hydrogen) atoms. The topological polar surface area (TPSA) is 127 Å². The number of hydrogen-bond donors (Lipinski definition) is 2. The van der Waals surface area contributed by atoms with Crippen molar-refractivity contribution in [3.63, 3.8) is 0 Å². The number of nitro groups is 1. The second-order valence-corrected chi connectivity index (χ2v) is 5.29. The van der Waals surface area contributed by atoms with Crippen LogP contribution >= 0.6 is 0 Å². The summed E-state index contributed by atoms with van der Waals surface area (Å²) in [5, 5.41) is 26.5. The molecule has 1 rings (SSSR count). The predicted molar refractivity (Wildman–Crippen MR) is 77.4 cm³/mol. The van der Waals surface area contributed by atoms with Crippen LogP contribution < -0.4 is 5.32 Å². The van der Waals surface area contributed by atoms with Crippen LogP contribution in [0.5, 0.6) is 0 Å². The van der Waals surface area contributed by atoms with Crippen LogP contribution in [0.2, 0.25) is 0 Å². The molecule has 9 heteroatoms. The Morgan fingerprint density at radius 3 is 2.45 bits per heavy atom. The minimum Gasteiger partial charge on any atom is -0.480 e. The summed E-state index contributed by atoms with van der Waals surface area (Å²) in [6.45, 7) is 6.33. The van der Waals surface area contributed by atoms with Crippen LogP contribution in [0.3, 0.4) is 0 Å². The molecule has 1 amide bonds. The zero-order chi connectivity index (χ0) is 17.1. The van der Waals surface area contributed by atoms with Gasteiger partial charge in [0.25, 0.3) is 0 Å². The van der Waals surface area contributed by atoms with Gasteiger partial charge in [-0.25, -0.2) is 4.79 Å². The molecule has 0 aliphatic carbocycles. The minimum atomic E-state index is -1.32. The van der Waals surface area contributed by atoms with E-state index in [0.29, 0.717) is 5.69 Å². The number of aliphatic carboxylic acids is 1. The van der Waals surface area contributed by atoms with Gasteiger partial charge in [0.1, 0.15) is 16.9 Å². The Morgan fingerprint density at radius 2 is 2.05 bits per heavy atom. The molecule has 0 aliphatic rings. The third kappa shape index (κ3) is 3.60. The summed E-state index contributed by atoms with van der Waals surface area (Å²) in [6, 6.07) is 0. The molecule has 0 fully saturated rings. The Morgan fingerprint density at radius 1 is 1.45 bits per heavy atom. The van der Waals surface area contributed by atoms with E-state index >= 15 is 0 Å². The molecule has 1 heterocycles. The highest BCUT2D eigenvalue weighted by Gasteiger charge is 2.32. The molecular weight excluding hydrogens is 292 g/mol. The lowest BCUT2D eigenvalue weighted by atomic mass is 9.99. The van der Waals surface area contributed by atoms with Gasteiger partial charge < -0.3 is 10.4 Å². The number of carboxylic acid groups (broad SMARTS) is 1. The van der Waals surface area contributed by atoms with E-state index in [0.717, 1.165) is 0 Å². The Labute approximate surface area is 127 Å². The average molecular weight is 312 g/mol. The molecule has 0 bridgehead atoms. The monoisotopic (exact) mass is 312 g/mol. The number of carbonyl (C=O) groups is 2. The van der Waals surface area contributed by atoms with Crippen molar-refractivity contribution >= 4 is 17.6 Å². The Hall–Kier alpha value is -2.45. The van der Waals surface area contributed by atoms with E-state index in [9.17, 15) is 19.7 Å². The quantitative estimate of drug-likeness (QED) is 0.574. The van der Waals surface area contributed by atoms with E-state index in [1.54, 1.807) is 13.8 Å². The summed E-state index contributed by atoms with van der Waals surface area (Å²) in [4.78, 5) is 33.4. The summed E-state index contributed by atoms with van der Waals surface area (Å²) < 4.78 is 1.39. The number of aromatic nitrogens is 2. The number of carboxylic acids is 1. The first kappa shape index (κ1) is 17.6. The van der Waals surface area contributed by atoms with Gasteiger partial charge in [-0.1, -0.05) is 6.92 Å². The number of amides is 1. The van der Waals surface area contributed by atoms with Crippen LogP contribution in [-0.4, -0.2) is 37.2 Å². The Balaban J connectivity index is 2.75. The number of aryl methyl sites for hydroxylation is 2. The van der Waals surface area contributed by atoms with E-state index in [1.165, 1.54) is 18.5 Å². The molecule has 0 saturated carbocycles. The first-order valence-electron chi connectivity index (χ1n) is 6.85. The lowest BCUT2D eigenvalue weighted by molar-refractivity contribution is -0.386. The molecule has 122 valence electrons. The lowest BCUT2D eigenvalue weighted by Crippen LogP contribution is -2.51.